The second kappa shape index (κ2) is 8.88. The molecule has 2 atom stereocenters. The van der Waals surface area contributed by atoms with Gasteiger partial charge in [-0.05, 0) is 54.9 Å². The highest BCUT2D eigenvalue weighted by atomic mass is 15.3. The van der Waals surface area contributed by atoms with E-state index in [2.05, 4.69) is 83.5 Å². The van der Waals surface area contributed by atoms with Crippen molar-refractivity contribution in [3.8, 4) is 5.69 Å². The molecule has 2 aromatic rings. The molecule has 0 aliphatic carbocycles. The van der Waals surface area contributed by atoms with E-state index in [1.165, 1.54) is 54.7 Å². The Morgan fingerprint density at radius 1 is 1.00 bits per heavy atom. The van der Waals surface area contributed by atoms with Crippen molar-refractivity contribution in [2.75, 3.05) is 0 Å². The van der Waals surface area contributed by atoms with E-state index in [0.717, 1.165) is 5.92 Å². The summed E-state index contributed by atoms with van der Waals surface area (Å²) in [4.78, 5) is 0. The molecule has 0 aliphatic rings. The molecule has 0 amide bonds. The minimum absolute atomic E-state index is 0.186. The average molecular weight is 355 g/mol. The number of aryl methyl sites for hydroxylation is 1. The first-order valence-corrected chi connectivity index (χ1v) is 10.4. The highest BCUT2D eigenvalue weighted by Crippen LogP contribution is 2.30. The molecule has 2 heteroatoms. The molecular formula is C24H38N2. The molecular weight excluding hydrogens is 316 g/mol. The number of nitrogens with zero attached hydrogens (tertiary/aromatic N) is 2. The van der Waals surface area contributed by atoms with Crippen molar-refractivity contribution >= 4 is 0 Å². The Labute approximate surface area is 161 Å². The number of aromatic nitrogens is 2. The van der Waals surface area contributed by atoms with Crippen LogP contribution in [0, 0.1) is 12.8 Å². The van der Waals surface area contributed by atoms with Crippen molar-refractivity contribution < 1.29 is 0 Å². The van der Waals surface area contributed by atoms with Crippen molar-refractivity contribution in [3.05, 3.63) is 47.3 Å². The summed E-state index contributed by atoms with van der Waals surface area (Å²) >= 11 is 0. The van der Waals surface area contributed by atoms with Gasteiger partial charge in [0.15, 0.2) is 0 Å². The molecule has 26 heavy (non-hydrogen) atoms. The van der Waals surface area contributed by atoms with Crippen molar-refractivity contribution in [1.29, 1.82) is 0 Å². The monoisotopic (exact) mass is 354 g/mol. The lowest BCUT2D eigenvalue weighted by Gasteiger charge is -2.19. The maximum Gasteiger partial charge on any atom is 0.0662 e. The molecule has 1 heterocycles. The van der Waals surface area contributed by atoms with Crippen LogP contribution in [0.1, 0.15) is 96.5 Å². The lowest BCUT2D eigenvalue weighted by atomic mass is 9.87. The molecule has 0 spiro atoms. The van der Waals surface area contributed by atoms with E-state index in [1.807, 2.05) is 0 Å². The summed E-state index contributed by atoms with van der Waals surface area (Å²) < 4.78 is 2.12. The quantitative estimate of drug-likeness (QED) is 0.490. The van der Waals surface area contributed by atoms with Gasteiger partial charge in [0.2, 0.25) is 0 Å². The third kappa shape index (κ3) is 5.22. The van der Waals surface area contributed by atoms with E-state index >= 15 is 0 Å². The van der Waals surface area contributed by atoms with Gasteiger partial charge in [0.1, 0.15) is 0 Å². The van der Waals surface area contributed by atoms with Gasteiger partial charge >= 0.3 is 0 Å². The molecule has 2 nitrogen and oxygen atoms in total. The van der Waals surface area contributed by atoms with Gasteiger partial charge in [0.25, 0.3) is 0 Å². The smallest absolute Gasteiger partial charge is 0.0662 e. The van der Waals surface area contributed by atoms with E-state index in [9.17, 15) is 0 Å². The van der Waals surface area contributed by atoms with Gasteiger partial charge in [0, 0.05) is 11.6 Å². The van der Waals surface area contributed by atoms with Crippen molar-refractivity contribution in [3.63, 3.8) is 0 Å². The first-order chi connectivity index (χ1) is 12.3. The third-order valence-corrected chi connectivity index (χ3v) is 5.64. The Balaban J connectivity index is 2.23. The highest BCUT2D eigenvalue weighted by Gasteiger charge is 2.18. The van der Waals surface area contributed by atoms with E-state index < -0.39 is 0 Å². The number of benzene rings is 1. The zero-order valence-electron chi connectivity index (χ0n) is 18.0. The van der Waals surface area contributed by atoms with Crippen LogP contribution < -0.4 is 0 Å². The van der Waals surface area contributed by atoms with Crippen molar-refractivity contribution in [2.45, 2.75) is 91.9 Å². The molecule has 144 valence electrons. The minimum atomic E-state index is 0.186. The Bertz CT molecular complexity index is 673. The fourth-order valence-electron chi connectivity index (χ4n) is 3.54. The molecule has 1 aromatic carbocycles. The summed E-state index contributed by atoms with van der Waals surface area (Å²) in [6.07, 6.45) is 6.27. The average Bonchev–Trinajstić information content (AvgIpc) is 2.99. The second-order valence-corrected chi connectivity index (χ2v) is 9.00. The van der Waals surface area contributed by atoms with Gasteiger partial charge in [0.05, 0.1) is 11.4 Å². The second-order valence-electron chi connectivity index (χ2n) is 9.00. The van der Waals surface area contributed by atoms with Gasteiger partial charge < -0.3 is 0 Å². The zero-order chi connectivity index (χ0) is 19.3. The Morgan fingerprint density at radius 2 is 1.65 bits per heavy atom. The van der Waals surface area contributed by atoms with Crippen LogP contribution in [-0.2, 0) is 5.41 Å². The first-order valence-electron chi connectivity index (χ1n) is 10.4. The minimum Gasteiger partial charge on any atom is -0.238 e. The Hall–Kier alpha value is -1.57. The SMILES string of the molecule is CCCC(CCC(C)CC)c1cc(C)n(-c2ccc(C(C)(C)C)cc2)n1. The summed E-state index contributed by atoms with van der Waals surface area (Å²) in [6, 6.07) is 11.2. The topological polar surface area (TPSA) is 17.8 Å². The summed E-state index contributed by atoms with van der Waals surface area (Å²) in [7, 11) is 0. The van der Waals surface area contributed by atoms with E-state index in [1.54, 1.807) is 0 Å². The maximum absolute atomic E-state index is 5.01. The predicted molar refractivity (Wildman–Crippen MR) is 113 cm³/mol. The van der Waals surface area contributed by atoms with Crippen LogP contribution in [0.5, 0.6) is 0 Å². The summed E-state index contributed by atoms with van der Waals surface area (Å²) in [5.74, 6) is 1.39. The predicted octanol–water partition coefficient (Wildman–Crippen LogP) is 7.19. The molecule has 1 aromatic heterocycles. The van der Waals surface area contributed by atoms with Crippen LogP contribution in [0.25, 0.3) is 5.69 Å². The van der Waals surface area contributed by atoms with Crippen LogP contribution in [0.4, 0.5) is 0 Å². The highest BCUT2D eigenvalue weighted by molar-refractivity contribution is 5.38. The molecule has 0 N–H and O–H groups in total. The number of rotatable bonds is 8. The lowest BCUT2D eigenvalue weighted by molar-refractivity contribution is 0.439. The standard InChI is InChI=1S/C24H38N2/c1-8-10-20(12-11-18(3)9-2)23-17-19(4)26(25-23)22-15-13-21(14-16-22)24(5,6)7/h13-18,20H,8-12H2,1-7H3. The molecule has 0 fully saturated rings. The van der Waals surface area contributed by atoms with Gasteiger partial charge in [-0.25, -0.2) is 4.68 Å². The largest absolute Gasteiger partial charge is 0.238 e. The zero-order valence-corrected chi connectivity index (χ0v) is 18.0. The van der Waals surface area contributed by atoms with Crippen LogP contribution >= 0.6 is 0 Å². The fraction of sp³-hybridized carbons (Fsp3) is 0.625. The van der Waals surface area contributed by atoms with Crippen LogP contribution in [0.2, 0.25) is 0 Å². The molecule has 0 radical (unpaired) electrons. The number of hydrogen-bond donors (Lipinski definition) is 0. The molecule has 2 rings (SSSR count). The van der Waals surface area contributed by atoms with Crippen LogP contribution in [-0.4, -0.2) is 9.78 Å². The van der Waals surface area contributed by atoms with Gasteiger partial charge in [-0.2, -0.15) is 5.10 Å². The van der Waals surface area contributed by atoms with Gasteiger partial charge in [-0.3, -0.25) is 0 Å². The normalized spacial score (nSPS) is 14.4. The van der Waals surface area contributed by atoms with Gasteiger partial charge in [-0.15, -0.1) is 0 Å². The fourth-order valence-corrected chi connectivity index (χ4v) is 3.54. The maximum atomic E-state index is 5.01. The molecule has 0 saturated heterocycles. The molecule has 0 aliphatic heterocycles. The Morgan fingerprint density at radius 3 is 2.19 bits per heavy atom. The van der Waals surface area contributed by atoms with Crippen LogP contribution in [0.15, 0.2) is 30.3 Å². The summed E-state index contributed by atoms with van der Waals surface area (Å²) in [5.41, 5.74) is 5.22. The number of hydrogen-bond acceptors (Lipinski definition) is 1. The van der Waals surface area contributed by atoms with E-state index in [0.29, 0.717) is 5.92 Å². The van der Waals surface area contributed by atoms with Gasteiger partial charge in [-0.1, -0.05) is 72.9 Å². The van der Waals surface area contributed by atoms with Crippen molar-refractivity contribution in [2.24, 2.45) is 5.92 Å². The summed E-state index contributed by atoms with van der Waals surface area (Å²) in [6.45, 7) is 15.9. The third-order valence-electron chi connectivity index (χ3n) is 5.64. The van der Waals surface area contributed by atoms with Crippen molar-refractivity contribution in [1.82, 2.24) is 9.78 Å². The van der Waals surface area contributed by atoms with E-state index in [4.69, 9.17) is 5.10 Å². The molecule has 2 unspecified atom stereocenters. The molecule has 0 saturated carbocycles. The Kier molecular flexibility index (Phi) is 7.08. The van der Waals surface area contributed by atoms with E-state index in [-0.39, 0.29) is 5.41 Å². The summed E-state index contributed by atoms with van der Waals surface area (Å²) in [5, 5.41) is 5.01. The lowest BCUT2D eigenvalue weighted by Crippen LogP contribution is -2.11. The molecule has 0 bridgehead atoms. The van der Waals surface area contributed by atoms with Crippen LogP contribution in [0.3, 0.4) is 0 Å². The first kappa shape index (κ1) is 20.7.